The predicted octanol–water partition coefficient (Wildman–Crippen LogP) is 4.33. The zero-order valence-corrected chi connectivity index (χ0v) is 12.1. The number of H-pyrrole nitrogens is 1. The number of aromatic nitrogens is 1. The van der Waals surface area contributed by atoms with Crippen molar-refractivity contribution in [3.63, 3.8) is 0 Å². The number of aromatic amines is 1. The van der Waals surface area contributed by atoms with E-state index in [-0.39, 0.29) is 11.5 Å². The Labute approximate surface area is 119 Å². The Kier molecular flexibility index (Phi) is 4.57. The molecule has 1 aromatic carbocycles. The molecular weight excluding hydrogens is 246 g/mol. The Morgan fingerprint density at radius 2 is 2.00 bits per heavy atom. The second-order valence-corrected chi connectivity index (χ2v) is 5.03. The lowest BCUT2D eigenvalue weighted by molar-refractivity contribution is 0.854. The molecule has 0 bridgehead atoms. The van der Waals surface area contributed by atoms with Crippen LogP contribution in [0.25, 0.3) is 10.8 Å². The number of hydrogen-bond donors (Lipinski definition) is 1. The van der Waals surface area contributed by atoms with Crippen LogP contribution in [0.15, 0.2) is 53.9 Å². The fraction of sp³-hybridized carbons (Fsp3) is 0.278. The zero-order valence-electron chi connectivity index (χ0n) is 12.1. The van der Waals surface area contributed by atoms with Gasteiger partial charge in [0.25, 0.3) is 5.56 Å². The Balaban J connectivity index is 2.71. The minimum absolute atomic E-state index is 0.00527. The molecule has 0 aliphatic carbocycles. The van der Waals surface area contributed by atoms with Crippen LogP contribution in [0, 0.1) is 0 Å². The molecule has 0 saturated heterocycles. The third kappa shape index (κ3) is 2.74. The van der Waals surface area contributed by atoms with E-state index < -0.39 is 0 Å². The maximum Gasteiger partial charge on any atom is 0.256 e. The number of nitrogens with one attached hydrogen (secondary N) is 1. The number of allylic oxidation sites excluding steroid dienone is 3. The van der Waals surface area contributed by atoms with Crippen LogP contribution >= 0.6 is 0 Å². The van der Waals surface area contributed by atoms with Gasteiger partial charge in [-0.25, -0.2) is 0 Å². The Morgan fingerprint density at radius 1 is 1.30 bits per heavy atom. The molecule has 2 rings (SSSR count). The molecule has 2 nitrogen and oxygen atoms in total. The molecule has 0 aliphatic heterocycles. The van der Waals surface area contributed by atoms with Crippen LogP contribution in [0.4, 0.5) is 0 Å². The molecule has 104 valence electrons. The van der Waals surface area contributed by atoms with Gasteiger partial charge in [0.15, 0.2) is 0 Å². The van der Waals surface area contributed by atoms with Gasteiger partial charge in [-0.3, -0.25) is 4.79 Å². The second-order valence-electron chi connectivity index (χ2n) is 5.03. The minimum atomic E-state index is -0.00527. The van der Waals surface area contributed by atoms with Crippen LogP contribution in [0.3, 0.4) is 0 Å². The molecule has 2 aromatic rings. The fourth-order valence-corrected chi connectivity index (χ4v) is 2.64. The Hall–Kier alpha value is -2.09. The highest BCUT2D eigenvalue weighted by Gasteiger charge is 2.14. The Morgan fingerprint density at radius 3 is 2.65 bits per heavy atom. The maximum absolute atomic E-state index is 12.2. The van der Waals surface area contributed by atoms with Gasteiger partial charge in [0.05, 0.1) is 0 Å². The van der Waals surface area contributed by atoms with Crippen molar-refractivity contribution < 1.29 is 0 Å². The van der Waals surface area contributed by atoms with E-state index >= 15 is 0 Å². The number of pyridine rings is 1. The molecule has 0 spiro atoms. The standard InChI is InChI=1S/C18H21NO/c1-4-6-10-15-14-11-7-8-12-16(14)18(20)19-17(15)13(3)9-5-2/h4-5,7-9,11-13H,1,6,10H2,2-3H3,(H,19,20)/b9-5-. The average Bonchev–Trinajstić information content (AvgIpc) is 2.46. The van der Waals surface area contributed by atoms with Crippen molar-refractivity contribution in [1.82, 2.24) is 4.98 Å². The molecule has 0 amide bonds. The van der Waals surface area contributed by atoms with Crippen molar-refractivity contribution in [3.8, 4) is 0 Å². The first kappa shape index (κ1) is 14.3. The van der Waals surface area contributed by atoms with E-state index in [0.29, 0.717) is 0 Å². The second kappa shape index (κ2) is 6.38. The molecular formula is C18H21NO. The summed E-state index contributed by atoms with van der Waals surface area (Å²) in [5, 5.41) is 1.83. The summed E-state index contributed by atoms with van der Waals surface area (Å²) in [5.74, 6) is 0.206. The summed E-state index contributed by atoms with van der Waals surface area (Å²) in [4.78, 5) is 15.3. The van der Waals surface area contributed by atoms with Crippen molar-refractivity contribution in [3.05, 3.63) is 70.7 Å². The van der Waals surface area contributed by atoms with E-state index in [0.717, 1.165) is 29.3 Å². The molecule has 20 heavy (non-hydrogen) atoms. The third-order valence-electron chi connectivity index (χ3n) is 3.61. The first-order valence-corrected chi connectivity index (χ1v) is 7.06. The lowest BCUT2D eigenvalue weighted by Gasteiger charge is -2.15. The van der Waals surface area contributed by atoms with Gasteiger partial charge in [0.2, 0.25) is 0 Å². The molecule has 0 radical (unpaired) electrons. The summed E-state index contributed by atoms with van der Waals surface area (Å²) in [5.41, 5.74) is 2.24. The highest BCUT2D eigenvalue weighted by molar-refractivity contribution is 5.85. The molecule has 2 heteroatoms. The van der Waals surface area contributed by atoms with Crippen molar-refractivity contribution in [2.45, 2.75) is 32.6 Å². The number of fused-ring (bicyclic) bond motifs is 1. The van der Waals surface area contributed by atoms with Crippen molar-refractivity contribution >= 4 is 10.8 Å². The van der Waals surface area contributed by atoms with Gasteiger partial charge >= 0.3 is 0 Å². The summed E-state index contributed by atoms with van der Waals surface area (Å²) in [6, 6.07) is 7.82. The monoisotopic (exact) mass is 267 g/mol. The lowest BCUT2D eigenvalue weighted by Crippen LogP contribution is -2.14. The molecule has 0 saturated carbocycles. The summed E-state index contributed by atoms with van der Waals surface area (Å²) in [6.45, 7) is 7.91. The van der Waals surface area contributed by atoms with E-state index in [1.54, 1.807) is 0 Å². The van der Waals surface area contributed by atoms with Gasteiger partial charge in [-0.2, -0.15) is 0 Å². The van der Waals surface area contributed by atoms with Crippen LogP contribution < -0.4 is 5.56 Å². The number of rotatable bonds is 5. The smallest absolute Gasteiger partial charge is 0.256 e. The molecule has 1 aromatic heterocycles. The first-order valence-electron chi connectivity index (χ1n) is 7.06. The van der Waals surface area contributed by atoms with E-state index in [1.165, 1.54) is 5.56 Å². The van der Waals surface area contributed by atoms with Gasteiger partial charge in [0.1, 0.15) is 0 Å². The molecule has 1 unspecified atom stereocenters. The summed E-state index contributed by atoms with van der Waals surface area (Å²) < 4.78 is 0. The third-order valence-corrected chi connectivity index (χ3v) is 3.61. The predicted molar refractivity (Wildman–Crippen MR) is 86.3 cm³/mol. The van der Waals surface area contributed by atoms with Gasteiger partial charge < -0.3 is 4.98 Å². The summed E-state index contributed by atoms with van der Waals surface area (Å²) in [7, 11) is 0. The van der Waals surface area contributed by atoms with Gasteiger partial charge in [-0.15, -0.1) is 6.58 Å². The largest absolute Gasteiger partial charge is 0.325 e. The highest BCUT2D eigenvalue weighted by Crippen LogP contribution is 2.25. The SMILES string of the molecule is C=CCCc1c(C(C)/C=C\C)[nH]c(=O)c2ccccc12. The van der Waals surface area contributed by atoms with Gasteiger partial charge in [0, 0.05) is 17.0 Å². The van der Waals surface area contributed by atoms with Crippen LogP contribution in [0.1, 0.15) is 37.4 Å². The summed E-state index contributed by atoms with van der Waals surface area (Å²) >= 11 is 0. The normalized spacial score (nSPS) is 12.9. The average molecular weight is 267 g/mol. The van der Waals surface area contributed by atoms with E-state index in [9.17, 15) is 4.79 Å². The number of aryl methyl sites for hydroxylation is 1. The lowest BCUT2D eigenvalue weighted by atomic mass is 9.94. The fourth-order valence-electron chi connectivity index (χ4n) is 2.64. The number of hydrogen-bond acceptors (Lipinski definition) is 1. The molecule has 1 atom stereocenters. The Bertz CT molecular complexity index is 694. The van der Waals surface area contributed by atoms with Crippen molar-refractivity contribution in [2.24, 2.45) is 0 Å². The van der Waals surface area contributed by atoms with Crippen LogP contribution in [0.5, 0.6) is 0 Å². The maximum atomic E-state index is 12.2. The molecule has 0 aliphatic rings. The van der Waals surface area contributed by atoms with Crippen molar-refractivity contribution in [1.29, 1.82) is 0 Å². The minimum Gasteiger partial charge on any atom is -0.325 e. The van der Waals surface area contributed by atoms with Crippen LogP contribution in [-0.2, 0) is 6.42 Å². The highest BCUT2D eigenvalue weighted by atomic mass is 16.1. The summed E-state index contributed by atoms with van der Waals surface area (Å²) in [6.07, 6.45) is 7.86. The van der Waals surface area contributed by atoms with E-state index in [4.69, 9.17) is 0 Å². The van der Waals surface area contributed by atoms with Gasteiger partial charge in [-0.1, -0.05) is 43.4 Å². The van der Waals surface area contributed by atoms with Gasteiger partial charge in [-0.05, 0) is 36.8 Å². The topological polar surface area (TPSA) is 32.9 Å². The zero-order chi connectivity index (χ0) is 14.5. The van der Waals surface area contributed by atoms with Crippen LogP contribution in [0.2, 0.25) is 0 Å². The molecule has 1 heterocycles. The molecule has 0 fully saturated rings. The van der Waals surface area contributed by atoms with Crippen molar-refractivity contribution in [2.75, 3.05) is 0 Å². The van der Waals surface area contributed by atoms with E-state index in [2.05, 4.69) is 24.6 Å². The molecule has 1 N–H and O–H groups in total. The quantitative estimate of drug-likeness (QED) is 0.804. The number of benzene rings is 1. The van der Waals surface area contributed by atoms with E-state index in [1.807, 2.05) is 43.3 Å². The first-order chi connectivity index (χ1) is 9.69. The van der Waals surface area contributed by atoms with Crippen LogP contribution in [-0.4, -0.2) is 4.98 Å².